The van der Waals surface area contributed by atoms with E-state index in [1.54, 1.807) is 40.2 Å². The van der Waals surface area contributed by atoms with Crippen molar-refractivity contribution in [1.82, 2.24) is 4.90 Å². The molecule has 1 saturated heterocycles. The van der Waals surface area contributed by atoms with Crippen molar-refractivity contribution in [1.29, 1.82) is 0 Å². The van der Waals surface area contributed by atoms with Crippen LogP contribution in [0, 0.1) is 17.7 Å². The summed E-state index contributed by atoms with van der Waals surface area (Å²) in [6.07, 6.45) is 4.19. The normalized spacial score (nSPS) is 16.6. The lowest BCUT2D eigenvalue weighted by atomic mass is 9.84. The third-order valence-electron chi connectivity index (χ3n) is 9.60. The molecular weight excluding hydrogens is 593 g/mol. The van der Waals surface area contributed by atoms with Gasteiger partial charge in [0.05, 0.1) is 19.6 Å². The molecule has 6 nitrogen and oxygen atoms in total. The van der Waals surface area contributed by atoms with Gasteiger partial charge < -0.3 is 14.6 Å². The number of rotatable bonds is 9. The minimum Gasteiger partial charge on any atom is -0.493 e. The van der Waals surface area contributed by atoms with Crippen LogP contribution in [0.5, 0.6) is 11.5 Å². The molecule has 0 aromatic heterocycles. The lowest BCUT2D eigenvalue weighted by Crippen LogP contribution is -2.34. The van der Waals surface area contributed by atoms with Crippen molar-refractivity contribution in [3.8, 4) is 22.6 Å². The first-order valence-corrected chi connectivity index (χ1v) is 16.2. The zero-order valence-corrected chi connectivity index (χ0v) is 27.7. The second-order valence-corrected chi connectivity index (χ2v) is 13.1. The Balaban J connectivity index is 0.000000199. The quantitative estimate of drug-likeness (QED) is 0.199. The third-order valence-corrected chi connectivity index (χ3v) is 9.60. The Hall–Kier alpha value is -4.49. The molecule has 246 valence electrons. The molecule has 2 aliphatic rings. The highest BCUT2D eigenvalue weighted by atomic mass is 19.1. The maximum absolute atomic E-state index is 14.1. The summed E-state index contributed by atoms with van der Waals surface area (Å²) < 4.78 is 24.9. The van der Waals surface area contributed by atoms with Crippen LogP contribution in [0.4, 0.5) is 4.39 Å². The van der Waals surface area contributed by atoms with E-state index >= 15 is 0 Å². The van der Waals surface area contributed by atoms with Gasteiger partial charge in [-0.1, -0.05) is 72.8 Å². The Kier molecular flexibility index (Phi) is 10.8. The van der Waals surface area contributed by atoms with Crippen LogP contribution in [0.1, 0.15) is 60.2 Å². The van der Waals surface area contributed by atoms with E-state index in [9.17, 15) is 14.0 Å². The molecule has 1 aliphatic carbocycles. The summed E-state index contributed by atoms with van der Waals surface area (Å²) in [7, 11) is 3.26. The molecular formula is C40H44FNO5. The van der Waals surface area contributed by atoms with Crippen molar-refractivity contribution < 1.29 is 28.6 Å². The number of carbonyl (C=O) groups excluding carboxylic acids is 1. The Morgan fingerprint density at radius 3 is 2.09 bits per heavy atom. The first-order chi connectivity index (χ1) is 22.6. The molecule has 1 unspecified atom stereocenters. The number of fused-ring (bicyclic) bond motifs is 1. The Bertz CT molecular complexity index is 1680. The number of aliphatic carboxylic acids is 1. The number of ether oxygens (including phenoxy) is 2. The molecule has 7 heteroatoms. The number of hydrogen-bond donors (Lipinski definition) is 1. The van der Waals surface area contributed by atoms with Gasteiger partial charge in [-0.2, -0.15) is 0 Å². The van der Waals surface area contributed by atoms with E-state index in [1.165, 1.54) is 24.5 Å². The Labute approximate surface area is 277 Å². The fraction of sp³-hybridized carbons (Fsp3) is 0.350. The van der Waals surface area contributed by atoms with Crippen LogP contribution < -0.4 is 9.47 Å². The number of carbonyl (C=O) groups is 2. The lowest BCUT2D eigenvalue weighted by molar-refractivity contribution is -0.142. The molecule has 0 saturated carbocycles. The average Bonchev–Trinajstić information content (AvgIpc) is 3.39. The van der Waals surface area contributed by atoms with Crippen LogP contribution in [0.25, 0.3) is 11.1 Å². The van der Waals surface area contributed by atoms with Gasteiger partial charge in [-0.15, -0.1) is 0 Å². The number of ketones is 1. The maximum atomic E-state index is 14.1. The molecule has 1 atom stereocenters. The average molecular weight is 638 g/mol. The minimum atomic E-state index is -1.10. The molecule has 47 heavy (non-hydrogen) atoms. The highest BCUT2D eigenvalue weighted by Gasteiger charge is 2.34. The first-order valence-electron chi connectivity index (χ1n) is 16.2. The summed E-state index contributed by atoms with van der Waals surface area (Å²) in [5, 5.41) is 9.15. The van der Waals surface area contributed by atoms with Gasteiger partial charge >= 0.3 is 5.97 Å². The van der Waals surface area contributed by atoms with Crippen LogP contribution in [0.2, 0.25) is 0 Å². The molecule has 1 N–H and O–H groups in total. The Morgan fingerprint density at radius 2 is 1.49 bits per heavy atom. The fourth-order valence-corrected chi connectivity index (χ4v) is 6.59. The number of benzene rings is 4. The van der Waals surface area contributed by atoms with Crippen molar-refractivity contribution >= 4 is 11.8 Å². The lowest BCUT2D eigenvalue weighted by Gasteiger charge is -2.32. The number of nitrogens with zero attached hydrogens (tertiary/aromatic N) is 1. The second-order valence-electron chi connectivity index (χ2n) is 13.1. The van der Waals surface area contributed by atoms with Gasteiger partial charge in [-0.3, -0.25) is 14.5 Å². The third kappa shape index (κ3) is 7.91. The van der Waals surface area contributed by atoms with E-state index < -0.39 is 17.2 Å². The van der Waals surface area contributed by atoms with Crippen molar-refractivity contribution in [2.75, 3.05) is 27.3 Å². The van der Waals surface area contributed by atoms with Gasteiger partial charge in [0.15, 0.2) is 17.3 Å². The fourth-order valence-electron chi connectivity index (χ4n) is 6.59. The predicted molar refractivity (Wildman–Crippen MR) is 183 cm³/mol. The number of Topliss-reactive ketones (excluding diaryl/α,β-unsaturated/α-hetero) is 1. The molecule has 1 fully saturated rings. The summed E-state index contributed by atoms with van der Waals surface area (Å²) in [6.45, 7) is 6.39. The number of halogens is 1. The molecule has 6 rings (SSSR count). The summed E-state index contributed by atoms with van der Waals surface area (Å²) in [5.74, 6) is 1.00. The molecule has 0 bridgehead atoms. The number of likely N-dealkylation sites (tertiary alicyclic amines) is 1. The van der Waals surface area contributed by atoms with E-state index in [1.807, 2.05) is 42.5 Å². The van der Waals surface area contributed by atoms with Gasteiger partial charge in [-0.25, -0.2) is 4.39 Å². The van der Waals surface area contributed by atoms with E-state index in [0.717, 1.165) is 49.2 Å². The molecule has 4 aromatic rings. The van der Waals surface area contributed by atoms with Crippen molar-refractivity contribution in [3.05, 3.63) is 119 Å². The number of carboxylic acid groups (broad SMARTS) is 1. The summed E-state index contributed by atoms with van der Waals surface area (Å²) in [5.41, 5.74) is 3.92. The molecule has 0 amide bonds. The predicted octanol–water partition coefficient (Wildman–Crippen LogP) is 8.22. The van der Waals surface area contributed by atoms with Crippen molar-refractivity contribution in [2.45, 2.75) is 51.5 Å². The van der Waals surface area contributed by atoms with Crippen molar-refractivity contribution in [3.63, 3.8) is 0 Å². The highest BCUT2D eigenvalue weighted by Crippen LogP contribution is 2.39. The second kappa shape index (κ2) is 14.9. The largest absolute Gasteiger partial charge is 0.493 e. The monoisotopic (exact) mass is 637 g/mol. The van der Waals surface area contributed by atoms with Gasteiger partial charge in [0.1, 0.15) is 5.82 Å². The summed E-state index contributed by atoms with van der Waals surface area (Å²) >= 11 is 0. The van der Waals surface area contributed by atoms with Gasteiger partial charge in [0.25, 0.3) is 0 Å². The summed E-state index contributed by atoms with van der Waals surface area (Å²) in [6, 6.07) is 28.3. The molecule has 0 radical (unpaired) electrons. The van der Waals surface area contributed by atoms with Crippen LogP contribution in [-0.2, 0) is 23.2 Å². The molecule has 1 aliphatic heterocycles. The van der Waals surface area contributed by atoms with Gasteiger partial charge in [-0.05, 0) is 99.0 Å². The zero-order chi connectivity index (χ0) is 33.6. The van der Waals surface area contributed by atoms with Crippen LogP contribution in [-0.4, -0.2) is 49.1 Å². The van der Waals surface area contributed by atoms with Crippen LogP contribution in [0.3, 0.4) is 0 Å². The minimum absolute atomic E-state index is 0.109. The Morgan fingerprint density at radius 1 is 0.872 bits per heavy atom. The smallest absolute Gasteiger partial charge is 0.313 e. The first kappa shape index (κ1) is 33.9. The van der Waals surface area contributed by atoms with Crippen molar-refractivity contribution in [2.24, 2.45) is 11.8 Å². The SMILES string of the molecule is CC(C)(C(=O)O)c1ccc(-c2ccccc2)c(F)c1.COc1cc2c(cc1OC)C(=O)C(CC1CCN(Cc3ccccc3)CC1)C2. The van der Waals surface area contributed by atoms with Crippen LogP contribution >= 0.6 is 0 Å². The van der Waals surface area contributed by atoms with E-state index in [-0.39, 0.29) is 11.7 Å². The summed E-state index contributed by atoms with van der Waals surface area (Å²) in [4.78, 5) is 26.6. The maximum Gasteiger partial charge on any atom is 0.313 e. The number of carboxylic acids is 1. The number of piperidine rings is 1. The topological polar surface area (TPSA) is 76.1 Å². The number of methoxy groups -OCH3 is 2. The highest BCUT2D eigenvalue weighted by molar-refractivity contribution is 6.03. The zero-order valence-electron chi connectivity index (χ0n) is 27.7. The number of hydrogen-bond acceptors (Lipinski definition) is 5. The van der Waals surface area contributed by atoms with E-state index in [0.29, 0.717) is 28.5 Å². The molecule has 1 heterocycles. The van der Waals surface area contributed by atoms with E-state index in [4.69, 9.17) is 14.6 Å². The van der Waals surface area contributed by atoms with Gasteiger partial charge in [0, 0.05) is 23.6 Å². The van der Waals surface area contributed by atoms with Crippen LogP contribution in [0.15, 0.2) is 91.0 Å². The molecule has 0 spiro atoms. The van der Waals surface area contributed by atoms with Gasteiger partial charge in [0.2, 0.25) is 0 Å². The standard InChI is InChI=1S/C24H29NO3.C16H15FO2/c1-27-22-14-19-13-20(24(26)21(19)15-23(22)28-2)12-17-8-10-25(11-9-17)16-18-6-4-3-5-7-18;1-16(2,15(18)19)12-8-9-13(14(17)10-12)11-6-4-3-5-7-11/h3-7,14-15,17,20H,8-13,16H2,1-2H3;3-10H,1-2H3,(H,18,19). The van der Waals surface area contributed by atoms with E-state index in [2.05, 4.69) is 35.2 Å². The molecule has 4 aromatic carbocycles.